The molecule has 0 bridgehead atoms. The van der Waals surface area contributed by atoms with Crippen LogP contribution in [0, 0.1) is 5.92 Å². The molecular weight excluding hydrogens is 272 g/mol. The van der Waals surface area contributed by atoms with E-state index in [1.807, 2.05) is 44.2 Å². The largest absolute Gasteiger partial charge is 0.353 e. The summed E-state index contributed by atoms with van der Waals surface area (Å²) in [6.07, 6.45) is 0. The van der Waals surface area contributed by atoms with Gasteiger partial charge in [-0.25, -0.2) is 0 Å². The van der Waals surface area contributed by atoms with Gasteiger partial charge in [0.05, 0.1) is 0 Å². The van der Waals surface area contributed by atoms with Crippen LogP contribution in [0.4, 0.5) is 0 Å². The molecule has 0 aliphatic heterocycles. The fourth-order valence-electron chi connectivity index (χ4n) is 1.72. The van der Waals surface area contributed by atoms with Crippen LogP contribution in [0.2, 0.25) is 0 Å². The number of rotatable bonds is 7. The third-order valence-corrected chi connectivity index (χ3v) is 3.73. The molecule has 0 aromatic heterocycles. The minimum atomic E-state index is -0.464. The molecule has 1 aromatic carbocycles. The number of thioether (sulfide) groups is 1. The van der Waals surface area contributed by atoms with E-state index in [9.17, 15) is 9.59 Å². The summed E-state index contributed by atoms with van der Waals surface area (Å²) in [6.45, 7) is 5.84. The third kappa shape index (κ3) is 6.10. The van der Waals surface area contributed by atoms with Crippen LogP contribution >= 0.6 is 11.8 Å². The summed E-state index contributed by atoms with van der Waals surface area (Å²) < 4.78 is 0. The first-order chi connectivity index (χ1) is 9.50. The van der Waals surface area contributed by atoms with E-state index in [0.717, 1.165) is 5.75 Å². The Hall–Kier alpha value is -1.49. The second kappa shape index (κ2) is 8.64. The van der Waals surface area contributed by atoms with Gasteiger partial charge in [0.2, 0.25) is 11.8 Å². The second-order valence-corrected chi connectivity index (χ2v) is 6.04. The molecule has 2 amide bonds. The van der Waals surface area contributed by atoms with Crippen LogP contribution < -0.4 is 10.6 Å². The first-order valence-electron chi connectivity index (χ1n) is 6.73. The summed E-state index contributed by atoms with van der Waals surface area (Å²) >= 11 is 1.69. The van der Waals surface area contributed by atoms with E-state index in [2.05, 4.69) is 10.6 Å². The Balaban J connectivity index is 2.32. The van der Waals surface area contributed by atoms with Crippen molar-refractivity contribution in [3.8, 4) is 0 Å². The van der Waals surface area contributed by atoms with Crippen LogP contribution in [-0.4, -0.2) is 30.2 Å². The van der Waals surface area contributed by atoms with Crippen molar-refractivity contribution in [1.29, 1.82) is 0 Å². The molecule has 0 aliphatic carbocycles. The zero-order chi connectivity index (χ0) is 15.0. The lowest BCUT2D eigenvalue weighted by atomic mass is 10.0. The Bertz CT molecular complexity index is 435. The minimum absolute atomic E-state index is 0.0701. The first kappa shape index (κ1) is 16.6. The fourth-order valence-corrected chi connectivity index (χ4v) is 2.51. The van der Waals surface area contributed by atoms with E-state index in [1.54, 1.807) is 11.8 Å². The Morgan fingerprint density at radius 2 is 1.85 bits per heavy atom. The van der Waals surface area contributed by atoms with Gasteiger partial charge in [0.15, 0.2) is 0 Å². The number of hydrogen-bond acceptors (Lipinski definition) is 3. The number of hydrogen-bond donors (Lipinski definition) is 2. The predicted octanol–water partition coefficient (Wildman–Crippen LogP) is 2.06. The summed E-state index contributed by atoms with van der Waals surface area (Å²) in [6, 6.07) is 9.58. The van der Waals surface area contributed by atoms with Crippen molar-refractivity contribution >= 4 is 23.6 Å². The Kier molecular flexibility index (Phi) is 7.15. The van der Waals surface area contributed by atoms with Crippen LogP contribution in [0.25, 0.3) is 0 Å². The van der Waals surface area contributed by atoms with Gasteiger partial charge in [-0.1, -0.05) is 32.0 Å². The van der Waals surface area contributed by atoms with E-state index in [-0.39, 0.29) is 17.7 Å². The number of amides is 2. The number of benzene rings is 1. The molecule has 0 radical (unpaired) electrons. The maximum Gasteiger partial charge on any atom is 0.242 e. The van der Waals surface area contributed by atoms with Crippen LogP contribution in [0.5, 0.6) is 0 Å². The third-order valence-electron chi connectivity index (χ3n) is 2.72. The zero-order valence-corrected chi connectivity index (χ0v) is 13.0. The SMILES string of the molecule is CC(=O)N[C@@H](C(=O)NCCSc1ccccc1)C(C)C. The van der Waals surface area contributed by atoms with Crippen LogP contribution in [-0.2, 0) is 9.59 Å². The molecule has 5 heteroatoms. The van der Waals surface area contributed by atoms with Crippen LogP contribution in [0.1, 0.15) is 20.8 Å². The Labute approximate surface area is 124 Å². The van der Waals surface area contributed by atoms with E-state index in [4.69, 9.17) is 0 Å². The average Bonchev–Trinajstić information content (AvgIpc) is 2.41. The number of carbonyl (C=O) groups is 2. The lowest BCUT2D eigenvalue weighted by molar-refractivity contribution is -0.129. The van der Waals surface area contributed by atoms with E-state index >= 15 is 0 Å². The molecule has 110 valence electrons. The summed E-state index contributed by atoms with van der Waals surface area (Å²) in [5.41, 5.74) is 0. The maximum absolute atomic E-state index is 12.0. The summed E-state index contributed by atoms with van der Waals surface area (Å²) in [7, 11) is 0. The molecule has 1 aromatic rings. The van der Waals surface area contributed by atoms with Gasteiger partial charge in [-0.05, 0) is 18.1 Å². The molecular formula is C15H22N2O2S. The smallest absolute Gasteiger partial charge is 0.242 e. The van der Waals surface area contributed by atoms with E-state index in [1.165, 1.54) is 11.8 Å². The topological polar surface area (TPSA) is 58.2 Å². The Morgan fingerprint density at radius 1 is 1.20 bits per heavy atom. The summed E-state index contributed by atoms with van der Waals surface area (Å²) in [5.74, 6) is 0.572. The highest BCUT2D eigenvalue weighted by atomic mass is 32.2. The highest BCUT2D eigenvalue weighted by molar-refractivity contribution is 7.99. The zero-order valence-electron chi connectivity index (χ0n) is 12.2. The van der Waals surface area contributed by atoms with Crippen molar-refractivity contribution in [2.24, 2.45) is 5.92 Å². The highest BCUT2D eigenvalue weighted by Crippen LogP contribution is 2.15. The van der Waals surface area contributed by atoms with Gasteiger partial charge in [-0.2, -0.15) is 0 Å². The number of nitrogens with one attached hydrogen (secondary N) is 2. The van der Waals surface area contributed by atoms with Gasteiger partial charge in [-0.15, -0.1) is 11.8 Å². The molecule has 0 aliphatic rings. The van der Waals surface area contributed by atoms with Gasteiger partial charge in [0.1, 0.15) is 6.04 Å². The molecule has 1 atom stereocenters. The molecule has 0 spiro atoms. The van der Waals surface area contributed by atoms with Gasteiger partial charge in [0.25, 0.3) is 0 Å². The maximum atomic E-state index is 12.0. The van der Waals surface area contributed by atoms with Crippen molar-refractivity contribution in [2.75, 3.05) is 12.3 Å². The van der Waals surface area contributed by atoms with E-state index in [0.29, 0.717) is 6.54 Å². The number of carbonyl (C=O) groups excluding carboxylic acids is 2. The molecule has 20 heavy (non-hydrogen) atoms. The monoisotopic (exact) mass is 294 g/mol. The molecule has 0 saturated heterocycles. The predicted molar refractivity (Wildman–Crippen MR) is 82.6 cm³/mol. The van der Waals surface area contributed by atoms with Crippen molar-refractivity contribution < 1.29 is 9.59 Å². The normalized spacial score (nSPS) is 12.0. The lowest BCUT2D eigenvalue weighted by Gasteiger charge is -2.20. The van der Waals surface area contributed by atoms with Crippen molar-refractivity contribution in [1.82, 2.24) is 10.6 Å². The minimum Gasteiger partial charge on any atom is -0.353 e. The van der Waals surface area contributed by atoms with Crippen LogP contribution in [0.3, 0.4) is 0 Å². The standard InChI is InChI=1S/C15H22N2O2S/c1-11(2)14(17-12(3)18)15(19)16-9-10-20-13-7-5-4-6-8-13/h4-8,11,14H,9-10H2,1-3H3,(H,16,19)(H,17,18)/t14-/m1/s1. The molecule has 4 nitrogen and oxygen atoms in total. The fraction of sp³-hybridized carbons (Fsp3) is 0.467. The van der Waals surface area contributed by atoms with Gasteiger partial charge in [0, 0.05) is 24.1 Å². The molecule has 0 saturated carbocycles. The van der Waals surface area contributed by atoms with Gasteiger partial charge < -0.3 is 10.6 Å². The quantitative estimate of drug-likeness (QED) is 0.598. The van der Waals surface area contributed by atoms with Gasteiger partial charge >= 0.3 is 0 Å². The molecule has 0 heterocycles. The lowest BCUT2D eigenvalue weighted by Crippen LogP contribution is -2.49. The molecule has 1 rings (SSSR count). The van der Waals surface area contributed by atoms with Crippen molar-refractivity contribution in [2.45, 2.75) is 31.7 Å². The summed E-state index contributed by atoms with van der Waals surface area (Å²) in [4.78, 5) is 24.3. The summed E-state index contributed by atoms with van der Waals surface area (Å²) in [5, 5.41) is 5.55. The average molecular weight is 294 g/mol. The molecule has 0 unspecified atom stereocenters. The first-order valence-corrected chi connectivity index (χ1v) is 7.72. The van der Waals surface area contributed by atoms with E-state index < -0.39 is 6.04 Å². The highest BCUT2D eigenvalue weighted by Gasteiger charge is 2.22. The van der Waals surface area contributed by atoms with Crippen molar-refractivity contribution in [3.05, 3.63) is 30.3 Å². The second-order valence-electron chi connectivity index (χ2n) is 4.87. The van der Waals surface area contributed by atoms with Crippen LogP contribution in [0.15, 0.2) is 35.2 Å². The Morgan fingerprint density at radius 3 is 2.40 bits per heavy atom. The van der Waals surface area contributed by atoms with Gasteiger partial charge in [-0.3, -0.25) is 9.59 Å². The molecule has 2 N–H and O–H groups in total. The van der Waals surface area contributed by atoms with Crippen molar-refractivity contribution in [3.63, 3.8) is 0 Å². The molecule has 0 fully saturated rings.